The van der Waals surface area contributed by atoms with E-state index in [1.807, 2.05) is 31.2 Å². The molecule has 0 heterocycles. The van der Waals surface area contributed by atoms with Gasteiger partial charge in [-0.05, 0) is 23.1 Å². The number of amides is 1. The number of para-hydroxylation sites is 1. The molecule has 0 radical (unpaired) electrons. The van der Waals surface area contributed by atoms with Gasteiger partial charge in [-0.25, -0.2) is 0 Å². The van der Waals surface area contributed by atoms with Gasteiger partial charge < -0.3 is 5.32 Å². The van der Waals surface area contributed by atoms with Crippen LogP contribution in [0.5, 0.6) is 0 Å². The molecule has 0 saturated carbocycles. The second-order valence-corrected chi connectivity index (χ2v) is 4.69. The number of aryl methyl sites for hydroxylation is 1. The van der Waals surface area contributed by atoms with Crippen LogP contribution in [0.25, 0.3) is 0 Å². The van der Waals surface area contributed by atoms with Crippen molar-refractivity contribution < 1.29 is 14.3 Å². The van der Waals surface area contributed by atoms with Gasteiger partial charge in [0.15, 0.2) is 6.16 Å². The fraction of sp³-hybridized carbons (Fsp3) is 0.364. The van der Waals surface area contributed by atoms with Crippen LogP contribution in [0.15, 0.2) is 24.3 Å². The summed E-state index contributed by atoms with van der Waals surface area (Å²) in [5.41, 5.74) is 1.80. The van der Waals surface area contributed by atoms with Gasteiger partial charge >= 0.3 is 8.03 Å². The Morgan fingerprint density at radius 1 is 1.44 bits per heavy atom. The number of hydrogen-bond acceptors (Lipinski definition) is 2. The van der Waals surface area contributed by atoms with Gasteiger partial charge in [0.25, 0.3) is 0 Å². The van der Waals surface area contributed by atoms with Gasteiger partial charge in [0.05, 0.1) is 0 Å². The second-order valence-electron chi connectivity index (χ2n) is 3.54. The summed E-state index contributed by atoms with van der Waals surface area (Å²) in [7, 11) is -2.13. The Morgan fingerprint density at radius 3 is 2.75 bits per heavy atom. The molecule has 86 valence electrons. The Balaban J connectivity index is 2.40. The Morgan fingerprint density at radius 2 is 2.12 bits per heavy atom. The van der Waals surface area contributed by atoms with Gasteiger partial charge in [0.1, 0.15) is 0 Å². The zero-order valence-electron chi connectivity index (χ0n) is 9.14. The van der Waals surface area contributed by atoms with Gasteiger partial charge in [-0.2, -0.15) is 4.89 Å². The Labute approximate surface area is 95.6 Å². The summed E-state index contributed by atoms with van der Waals surface area (Å²) in [5, 5.41) is 2.77. The number of carbonyl (C=O) groups is 1. The number of hydrogen-bond donors (Lipinski definition) is 2. The van der Waals surface area contributed by atoms with Gasteiger partial charge in [-0.1, -0.05) is 18.2 Å². The van der Waals surface area contributed by atoms with E-state index in [0.717, 1.165) is 11.3 Å². The third-order valence-corrected chi connectivity index (χ3v) is 2.87. The molecule has 0 aliphatic rings. The first kappa shape index (κ1) is 12.8. The molecule has 0 aliphatic carbocycles. The summed E-state index contributed by atoms with van der Waals surface area (Å²) in [6, 6.07) is 7.51. The minimum absolute atomic E-state index is 0.119. The average molecular weight is 240 g/mol. The molecule has 0 saturated heterocycles. The number of nitrogens with one attached hydrogen (secondary N) is 1. The van der Waals surface area contributed by atoms with E-state index in [4.69, 9.17) is 4.89 Å². The lowest BCUT2D eigenvalue weighted by Gasteiger charge is -2.06. The van der Waals surface area contributed by atoms with E-state index in [0.29, 0.717) is 6.42 Å². The van der Waals surface area contributed by atoms with E-state index in [1.165, 1.54) is 0 Å². The van der Waals surface area contributed by atoms with E-state index >= 15 is 0 Å². The molecule has 0 aromatic heterocycles. The Kier molecular flexibility index (Phi) is 5.09. The molecule has 2 N–H and O–H groups in total. The maximum Gasteiger partial charge on any atom is 0.505 e. The highest BCUT2D eigenvalue weighted by molar-refractivity contribution is 7.37. The first-order chi connectivity index (χ1) is 7.59. The van der Waals surface area contributed by atoms with Crippen molar-refractivity contribution in [3.8, 4) is 0 Å². The topological polar surface area (TPSA) is 66.4 Å². The molecule has 1 amide bonds. The van der Waals surface area contributed by atoms with Crippen LogP contribution in [-0.2, 0) is 9.36 Å². The highest BCUT2D eigenvalue weighted by Crippen LogP contribution is 2.16. The average Bonchev–Trinajstić information content (AvgIpc) is 2.21. The molecular formula is C11H15NO3P+. The van der Waals surface area contributed by atoms with Crippen LogP contribution in [0.4, 0.5) is 5.69 Å². The maximum absolute atomic E-state index is 11.5. The van der Waals surface area contributed by atoms with Crippen molar-refractivity contribution >= 4 is 19.6 Å². The number of carbonyl (C=O) groups excluding carboxylic acids is 1. The van der Waals surface area contributed by atoms with Crippen molar-refractivity contribution in [1.82, 2.24) is 0 Å². The molecule has 4 nitrogen and oxygen atoms in total. The van der Waals surface area contributed by atoms with Gasteiger partial charge in [-0.3, -0.25) is 4.79 Å². The fourth-order valence-corrected chi connectivity index (χ4v) is 1.73. The standard InChI is InChI=1S/C11H14NO3P/c1-9-5-2-3-6-10(9)12-11(13)7-4-8-16(14)15/h2-3,5-6H,4,7-8H2,1H3,(H-,12,13,14,15)/p+1. The molecule has 0 aliphatic heterocycles. The molecule has 16 heavy (non-hydrogen) atoms. The van der Waals surface area contributed by atoms with Crippen LogP contribution in [0, 0.1) is 6.92 Å². The molecular weight excluding hydrogens is 225 g/mol. The number of rotatable bonds is 5. The van der Waals surface area contributed by atoms with Crippen molar-refractivity contribution in [2.24, 2.45) is 0 Å². The lowest BCUT2D eigenvalue weighted by molar-refractivity contribution is -0.116. The van der Waals surface area contributed by atoms with Crippen LogP contribution < -0.4 is 5.32 Å². The molecule has 0 bridgehead atoms. The first-order valence-corrected chi connectivity index (χ1v) is 6.48. The zero-order chi connectivity index (χ0) is 12.0. The number of benzene rings is 1. The smallest absolute Gasteiger partial charge is 0.326 e. The Hall–Kier alpha value is -1.25. The molecule has 0 fully saturated rings. The molecule has 1 aromatic carbocycles. The summed E-state index contributed by atoms with van der Waals surface area (Å²) < 4.78 is 10.4. The van der Waals surface area contributed by atoms with Crippen molar-refractivity contribution in [3.05, 3.63) is 29.8 Å². The molecule has 1 rings (SSSR count). The van der Waals surface area contributed by atoms with E-state index < -0.39 is 8.03 Å². The van der Waals surface area contributed by atoms with E-state index in [2.05, 4.69) is 5.32 Å². The van der Waals surface area contributed by atoms with Crippen molar-refractivity contribution in [1.29, 1.82) is 0 Å². The predicted molar refractivity (Wildman–Crippen MR) is 63.7 cm³/mol. The molecule has 1 aromatic rings. The lowest BCUT2D eigenvalue weighted by Crippen LogP contribution is -2.12. The predicted octanol–water partition coefficient (Wildman–Crippen LogP) is 2.45. The van der Waals surface area contributed by atoms with Gasteiger partial charge in [-0.15, -0.1) is 0 Å². The summed E-state index contributed by atoms with van der Waals surface area (Å²) in [4.78, 5) is 20.0. The van der Waals surface area contributed by atoms with Crippen LogP contribution in [0.1, 0.15) is 18.4 Å². The highest BCUT2D eigenvalue weighted by atomic mass is 31.1. The zero-order valence-corrected chi connectivity index (χ0v) is 10.0. The molecule has 0 spiro atoms. The third kappa shape index (κ3) is 4.51. The van der Waals surface area contributed by atoms with E-state index in [-0.39, 0.29) is 18.5 Å². The first-order valence-electron chi connectivity index (χ1n) is 5.08. The monoisotopic (exact) mass is 240 g/mol. The minimum Gasteiger partial charge on any atom is -0.326 e. The lowest BCUT2D eigenvalue weighted by atomic mass is 10.2. The summed E-state index contributed by atoms with van der Waals surface area (Å²) in [5.74, 6) is -0.119. The van der Waals surface area contributed by atoms with Crippen molar-refractivity contribution in [2.45, 2.75) is 19.8 Å². The summed E-state index contributed by atoms with van der Waals surface area (Å²) in [6.07, 6.45) is 0.885. The minimum atomic E-state index is -2.13. The van der Waals surface area contributed by atoms with E-state index in [9.17, 15) is 9.36 Å². The van der Waals surface area contributed by atoms with Crippen LogP contribution in [0.2, 0.25) is 0 Å². The molecule has 1 unspecified atom stereocenters. The van der Waals surface area contributed by atoms with Crippen molar-refractivity contribution in [3.63, 3.8) is 0 Å². The number of anilines is 1. The third-order valence-electron chi connectivity index (χ3n) is 2.17. The van der Waals surface area contributed by atoms with E-state index in [1.54, 1.807) is 0 Å². The van der Waals surface area contributed by atoms with Crippen LogP contribution in [-0.4, -0.2) is 17.0 Å². The fourth-order valence-electron chi connectivity index (χ4n) is 1.30. The van der Waals surface area contributed by atoms with Gasteiger partial charge in [0, 0.05) is 18.5 Å². The normalized spacial score (nSPS) is 11.0. The summed E-state index contributed by atoms with van der Waals surface area (Å²) >= 11 is 0. The highest BCUT2D eigenvalue weighted by Gasteiger charge is 2.11. The largest absolute Gasteiger partial charge is 0.505 e. The SMILES string of the molecule is Cc1ccccc1NC(=O)CCC[P+](=O)O. The maximum atomic E-state index is 11.5. The van der Waals surface area contributed by atoms with Crippen molar-refractivity contribution in [2.75, 3.05) is 11.5 Å². The quantitative estimate of drug-likeness (QED) is 0.777. The van der Waals surface area contributed by atoms with Crippen LogP contribution in [0.3, 0.4) is 0 Å². The second kappa shape index (κ2) is 6.36. The Bertz CT molecular complexity index is 393. The molecule has 1 atom stereocenters. The van der Waals surface area contributed by atoms with Gasteiger partial charge in [0.2, 0.25) is 5.91 Å². The van der Waals surface area contributed by atoms with Crippen LogP contribution >= 0.6 is 8.03 Å². The molecule has 5 heteroatoms. The summed E-state index contributed by atoms with van der Waals surface area (Å²) in [6.45, 7) is 1.92.